The molecule has 86 valence electrons. The Hall–Kier alpha value is -0.510. The third-order valence-corrected chi connectivity index (χ3v) is 2.27. The largest absolute Gasteiger partial charge is 0.448 e. The Labute approximate surface area is 96.2 Å². The average molecular weight is 231 g/mol. The summed E-state index contributed by atoms with van der Waals surface area (Å²) < 4.78 is 5.22. The van der Waals surface area contributed by atoms with E-state index in [1.165, 1.54) is 6.42 Å². The lowest BCUT2D eigenvalue weighted by Crippen LogP contribution is -2.22. The first-order valence-electron chi connectivity index (χ1n) is 5.48. The zero-order valence-electron chi connectivity index (χ0n) is 9.18. The highest BCUT2D eigenvalue weighted by Gasteiger charge is 1.97. The van der Waals surface area contributed by atoms with Crippen molar-refractivity contribution in [3.8, 4) is 0 Å². The first kappa shape index (κ1) is 12.6. The quantitative estimate of drug-likeness (QED) is 0.674. The molecule has 15 heavy (non-hydrogen) atoms. The van der Waals surface area contributed by atoms with Gasteiger partial charge in [-0.15, -0.1) is 0 Å². The second-order valence-corrected chi connectivity index (χ2v) is 3.86. The van der Waals surface area contributed by atoms with Crippen molar-refractivity contribution in [1.29, 1.82) is 0 Å². The minimum atomic E-state index is 0.455. The van der Waals surface area contributed by atoms with Crippen molar-refractivity contribution in [2.75, 3.05) is 19.6 Å². The smallest absolute Gasteiger partial charge is 0.193 e. The van der Waals surface area contributed by atoms with Gasteiger partial charge in [-0.25, -0.2) is 0 Å². The maximum atomic E-state index is 5.65. The fraction of sp³-hybridized carbons (Fsp3) is 0.636. The normalized spacial score (nSPS) is 10.8. The molecule has 4 heteroatoms. The molecule has 0 atom stereocenters. The Morgan fingerprint density at radius 2 is 2.00 bits per heavy atom. The topological polar surface area (TPSA) is 37.2 Å². The van der Waals surface area contributed by atoms with Crippen LogP contribution in [0.25, 0.3) is 0 Å². The van der Waals surface area contributed by atoms with Crippen LogP contribution in [0.5, 0.6) is 0 Å². The predicted octanol–water partition coefficient (Wildman–Crippen LogP) is 2.41. The van der Waals surface area contributed by atoms with Crippen LogP contribution in [0.15, 0.2) is 16.5 Å². The summed E-state index contributed by atoms with van der Waals surface area (Å²) in [6.45, 7) is 6.09. The van der Waals surface area contributed by atoms with Gasteiger partial charge < -0.3 is 15.1 Å². The van der Waals surface area contributed by atoms with Crippen LogP contribution in [0.1, 0.15) is 25.5 Å². The molecule has 1 aromatic heterocycles. The lowest BCUT2D eigenvalue weighted by molar-refractivity contribution is 0.480. The van der Waals surface area contributed by atoms with E-state index in [2.05, 4.69) is 17.6 Å². The van der Waals surface area contributed by atoms with Crippen LogP contribution in [0.2, 0.25) is 5.22 Å². The molecule has 0 amide bonds. The Kier molecular flexibility index (Phi) is 6.48. The van der Waals surface area contributed by atoms with E-state index in [1.807, 2.05) is 6.07 Å². The number of furan rings is 1. The number of rotatable bonds is 8. The molecule has 1 aromatic rings. The van der Waals surface area contributed by atoms with Gasteiger partial charge in [-0.3, -0.25) is 0 Å². The molecule has 3 nitrogen and oxygen atoms in total. The van der Waals surface area contributed by atoms with Crippen LogP contribution in [0.3, 0.4) is 0 Å². The van der Waals surface area contributed by atoms with Crippen LogP contribution in [-0.2, 0) is 6.54 Å². The summed E-state index contributed by atoms with van der Waals surface area (Å²) in [6.07, 6.45) is 2.33. The van der Waals surface area contributed by atoms with E-state index in [0.29, 0.717) is 5.22 Å². The van der Waals surface area contributed by atoms with Crippen LogP contribution in [0, 0.1) is 0 Å². The highest BCUT2D eigenvalue weighted by atomic mass is 35.5. The zero-order valence-corrected chi connectivity index (χ0v) is 9.94. The van der Waals surface area contributed by atoms with Gasteiger partial charge in [-0.05, 0) is 56.2 Å². The minimum Gasteiger partial charge on any atom is -0.448 e. The highest BCUT2D eigenvalue weighted by molar-refractivity contribution is 6.28. The molecule has 0 aliphatic carbocycles. The molecule has 0 aliphatic heterocycles. The van der Waals surface area contributed by atoms with E-state index in [9.17, 15) is 0 Å². The molecular weight excluding hydrogens is 212 g/mol. The third-order valence-electron chi connectivity index (χ3n) is 2.06. The predicted molar refractivity (Wildman–Crippen MR) is 63.2 cm³/mol. The fourth-order valence-corrected chi connectivity index (χ4v) is 1.46. The Morgan fingerprint density at radius 3 is 2.67 bits per heavy atom. The highest BCUT2D eigenvalue weighted by Crippen LogP contribution is 2.12. The standard InChI is InChI=1S/C11H19ClN2O/c1-2-6-13-7-3-8-14-9-10-4-5-11(12)15-10/h4-5,13-14H,2-3,6-9H2,1H3. The Balaban J connectivity index is 1.93. The molecule has 1 rings (SSSR count). The van der Waals surface area contributed by atoms with Crippen molar-refractivity contribution < 1.29 is 4.42 Å². The van der Waals surface area contributed by atoms with Gasteiger partial charge in [-0.2, -0.15) is 0 Å². The summed E-state index contributed by atoms with van der Waals surface area (Å²) in [4.78, 5) is 0. The van der Waals surface area contributed by atoms with E-state index in [0.717, 1.165) is 38.4 Å². The van der Waals surface area contributed by atoms with Crippen molar-refractivity contribution in [3.63, 3.8) is 0 Å². The molecule has 0 saturated carbocycles. The first-order chi connectivity index (χ1) is 7.33. The van der Waals surface area contributed by atoms with Gasteiger partial charge in [0.1, 0.15) is 5.76 Å². The minimum absolute atomic E-state index is 0.455. The summed E-state index contributed by atoms with van der Waals surface area (Å²) in [5, 5.41) is 7.11. The average Bonchev–Trinajstić information content (AvgIpc) is 2.63. The van der Waals surface area contributed by atoms with Crippen molar-refractivity contribution in [2.24, 2.45) is 0 Å². The summed E-state index contributed by atoms with van der Waals surface area (Å²) in [6, 6.07) is 3.66. The molecule has 0 aliphatic rings. The number of hydrogen-bond donors (Lipinski definition) is 2. The number of halogens is 1. The summed E-state index contributed by atoms with van der Waals surface area (Å²) >= 11 is 5.65. The van der Waals surface area contributed by atoms with Gasteiger partial charge in [0.15, 0.2) is 5.22 Å². The maximum absolute atomic E-state index is 5.65. The van der Waals surface area contributed by atoms with E-state index in [4.69, 9.17) is 16.0 Å². The van der Waals surface area contributed by atoms with E-state index < -0.39 is 0 Å². The van der Waals surface area contributed by atoms with Crippen molar-refractivity contribution >= 4 is 11.6 Å². The number of hydrogen-bond acceptors (Lipinski definition) is 3. The number of nitrogens with one attached hydrogen (secondary N) is 2. The van der Waals surface area contributed by atoms with Crippen molar-refractivity contribution in [3.05, 3.63) is 23.1 Å². The van der Waals surface area contributed by atoms with Crippen molar-refractivity contribution in [2.45, 2.75) is 26.3 Å². The van der Waals surface area contributed by atoms with Crippen LogP contribution in [-0.4, -0.2) is 19.6 Å². The Morgan fingerprint density at radius 1 is 1.20 bits per heavy atom. The molecule has 0 unspecified atom stereocenters. The Bertz CT molecular complexity index is 263. The monoisotopic (exact) mass is 230 g/mol. The van der Waals surface area contributed by atoms with Gasteiger partial charge in [-0.1, -0.05) is 6.92 Å². The summed E-state index contributed by atoms with van der Waals surface area (Å²) in [5.74, 6) is 0.890. The molecule has 0 bridgehead atoms. The van der Waals surface area contributed by atoms with Gasteiger partial charge in [0, 0.05) is 0 Å². The third kappa shape index (κ3) is 5.82. The second-order valence-electron chi connectivity index (χ2n) is 3.49. The van der Waals surface area contributed by atoms with E-state index in [-0.39, 0.29) is 0 Å². The second kappa shape index (κ2) is 7.74. The van der Waals surface area contributed by atoms with Crippen LogP contribution >= 0.6 is 11.6 Å². The summed E-state index contributed by atoms with van der Waals surface area (Å²) in [7, 11) is 0. The van der Waals surface area contributed by atoms with Crippen LogP contribution < -0.4 is 10.6 Å². The van der Waals surface area contributed by atoms with E-state index in [1.54, 1.807) is 6.07 Å². The van der Waals surface area contributed by atoms with Crippen molar-refractivity contribution in [1.82, 2.24) is 10.6 Å². The van der Waals surface area contributed by atoms with Crippen LogP contribution in [0.4, 0.5) is 0 Å². The maximum Gasteiger partial charge on any atom is 0.193 e. The zero-order chi connectivity index (χ0) is 10.9. The molecular formula is C11H19ClN2O. The van der Waals surface area contributed by atoms with Gasteiger partial charge in [0.2, 0.25) is 0 Å². The van der Waals surface area contributed by atoms with E-state index >= 15 is 0 Å². The van der Waals surface area contributed by atoms with Gasteiger partial charge >= 0.3 is 0 Å². The molecule has 0 radical (unpaired) electrons. The SMILES string of the molecule is CCCNCCCNCc1ccc(Cl)o1. The molecule has 2 N–H and O–H groups in total. The first-order valence-corrected chi connectivity index (χ1v) is 5.86. The fourth-order valence-electron chi connectivity index (χ4n) is 1.30. The summed E-state index contributed by atoms with van der Waals surface area (Å²) in [5.41, 5.74) is 0. The molecule has 0 aromatic carbocycles. The lowest BCUT2D eigenvalue weighted by atomic mass is 10.4. The molecule has 0 fully saturated rings. The van der Waals surface area contributed by atoms with Gasteiger partial charge in [0.05, 0.1) is 6.54 Å². The van der Waals surface area contributed by atoms with Gasteiger partial charge in [0.25, 0.3) is 0 Å². The molecule has 0 spiro atoms. The lowest BCUT2D eigenvalue weighted by Gasteiger charge is -2.03. The molecule has 1 heterocycles. The molecule has 0 saturated heterocycles.